The number of amides is 1. The molecular weight excluding hydrogens is 334 g/mol. The van der Waals surface area contributed by atoms with Crippen LogP contribution < -0.4 is 10.1 Å². The topological polar surface area (TPSA) is 102 Å². The third kappa shape index (κ3) is 6.01. The van der Waals surface area contributed by atoms with E-state index in [0.29, 0.717) is 12.0 Å². The Balaban J connectivity index is 2.81. The van der Waals surface area contributed by atoms with Crippen molar-refractivity contribution in [2.45, 2.75) is 51.5 Å². The van der Waals surface area contributed by atoms with Gasteiger partial charge in [0.2, 0.25) is 0 Å². The summed E-state index contributed by atoms with van der Waals surface area (Å²) in [5.41, 5.74) is 0.956. The summed E-state index contributed by atoms with van der Waals surface area (Å²) in [4.78, 5) is 11.3. The summed E-state index contributed by atoms with van der Waals surface area (Å²) in [5.74, 6) is 0.117. The Morgan fingerprint density at radius 3 is 2.42 bits per heavy atom. The Hall–Kier alpha value is -1.80. The lowest BCUT2D eigenvalue weighted by Crippen LogP contribution is -2.34. The Labute approximate surface area is 143 Å². The molecule has 7 nitrogen and oxygen atoms in total. The van der Waals surface area contributed by atoms with Gasteiger partial charge in [-0.05, 0) is 51.3 Å². The van der Waals surface area contributed by atoms with Crippen LogP contribution in [0.2, 0.25) is 0 Å². The third-order valence-corrected chi connectivity index (χ3v) is 3.98. The van der Waals surface area contributed by atoms with E-state index in [1.54, 1.807) is 26.8 Å². The summed E-state index contributed by atoms with van der Waals surface area (Å²) >= 11 is 0. The molecule has 2 N–H and O–H groups in total. The van der Waals surface area contributed by atoms with Gasteiger partial charge >= 0.3 is 6.09 Å². The molecule has 0 spiro atoms. The minimum absolute atomic E-state index is 0.0399. The van der Waals surface area contributed by atoms with Gasteiger partial charge in [0.15, 0.2) is 0 Å². The van der Waals surface area contributed by atoms with Crippen molar-refractivity contribution in [3.05, 3.63) is 23.3 Å². The molecule has 1 aromatic carbocycles. The molecule has 0 fully saturated rings. The normalized spacial score (nSPS) is 11.9. The molecule has 136 valence electrons. The van der Waals surface area contributed by atoms with Crippen molar-refractivity contribution in [2.75, 3.05) is 13.2 Å². The third-order valence-electron chi connectivity index (χ3n) is 3.11. The monoisotopic (exact) mass is 359 g/mol. The summed E-state index contributed by atoms with van der Waals surface area (Å²) in [6.07, 6.45) is -0.0367. The molecule has 0 atom stereocenters. The zero-order valence-corrected chi connectivity index (χ0v) is 15.5. The highest BCUT2D eigenvalue weighted by atomic mass is 32.2. The largest absolute Gasteiger partial charge is 0.490 e. The van der Waals surface area contributed by atoms with E-state index in [1.165, 1.54) is 6.07 Å². The molecule has 0 aromatic heterocycles. The predicted molar refractivity (Wildman–Crippen MR) is 90.1 cm³/mol. The second-order valence-corrected chi connectivity index (χ2v) is 7.68. The number of nitrogens with one attached hydrogen (secondary N) is 1. The minimum Gasteiger partial charge on any atom is -0.490 e. The van der Waals surface area contributed by atoms with Gasteiger partial charge in [0, 0.05) is 0 Å². The van der Waals surface area contributed by atoms with Gasteiger partial charge in [-0.2, -0.15) is 8.42 Å². The van der Waals surface area contributed by atoms with Gasteiger partial charge < -0.3 is 14.8 Å². The smallest absolute Gasteiger partial charge is 0.407 e. The molecule has 0 aliphatic heterocycles. The van der Waals surface area contributed by atoms with Crippen molar-refractivity contribution in [3.63, 3.8) is 0 Å². The van der Waals surface area contributed by atoms with Crippen LogP contribution in [-0.4, -0.2) is 37.8 Å². The fraction of sp³-hybridized carbons (Fsp3) is 0.562. The van der Waals surface area contributed by atoms with E-state index in [2.05, 4.69) is 5.32 Å². The van der Waals surface area contributed by atoms with Crippen LogP contribution >= 0.6 is 0 Å². The lowest BCUT2D eigenvalue weighted by Gasteiger charge is -2.20. The number of rotatable bonds is 6. The van der Waals surface area contributed by atoms with Crippen LogP contribution in [0.25, 0.3) is 0 Å². The van der Waals surface area contributed by atoms with Crippen LogP contribution in [0.1, 0.15) is 38.8 Å². The zero-order chi connectivity index (χ0) is 18.5. The van der Waals surface area contributed by atoms with Crippen molar-refractivity contribution in [1.82, 2.24) is 5.32 Å². The van der Waals surface area contributed by atoms with E-state index in [-0.39, 0.29) is 23.8 Å². The first kappa shape index (κ1) is 20.2. The van der Waals surface area contributed by atoms with Crippen LogP contribution in [0.15, 0.2) is 17.0 Å². The maximum atomic E-state index is 11.5. The van der Waals surface area contributed by atoms with E-state index in [0.717, 1.165) is 5.56 Å². The fourth-order valence-electron chi connectivity index (χ4n) is 2.13. The predicted octanol–water partition coefficient (Wildman–Crippen LogP) is 2.71. The number of aryl methyl sites for hydroxylation is 1. The molecule has 1 amide bonds. The maximum Gasteiger partial charge on any atom is 0.407 e. The first-order chi connectivity index (χ1) is 11.0. The minimum atomic E-state index is -4.40. The van der Waals surface area contributed by atoms with Crippen LogP contribution in [0.3, 0.4) is 0 Å². The number of hydrogen-bond acceptors (Lipinski definition) is 5. The molecule has 24 heavy (non-hydrogen) atoms. The van der Waals surface area contributed by atoms with Crippen LogP contribution in [-0.2, 0) is 21.3 Å². The molecule has 8 heteroatoms. The lowest BCUT2D eigenvalue weighted by atomic mass is 10.1. The Bertz CT molecular complexity index is 691. The first-order valence-electron chi connectivity index (χ1n) is 7.65. The summed E-state index contributed by atoms with van der Waals surface area (Å²) < 4.78 is 43.0. The number of hydrogen-bond donors (Lipinski definition) is 2. The average molecular weight is 359 g/mol. The highest BCUT2D eigenvalue weighted by Crippen LogP contribution is 2.31. The maximum absolute atomic E-state index is 11.5. The average Bonchev–Trinajstić information content (AvgIpc) is 2.40. The molecule has 0 aliphatic carbocycles. The van der Waals surface area contributed by atoms with Crippen molar-refractivity contribution >= 4 is 16.2 Å². The molecule has 1 rings (SSSR count). The summed E-state index contributed by atoms with van der Waals surface area (Å²) in [7, 11) is -4.40. The van der Waals surface area contributed by atoms with Gasteiger partial charge in [-0.25, -0.2) is 4.79 Å². The summed E-state index contributed by atoms with van der Waals surface area (Å²) in [6, 6.07) is 2.92. The van der Waals surface area contributed by atoms with Crippen LogP contribution in [0.4, 0.5) is 4.79 Å². The van der Waals surface area contributed by atoms with Gasteiger partial charge in [0.1, 0.15) is 22.9 Å². The molecule has 0 unspecified atom stereocenters. The van der Waals surface area contributed by atoms with Gasteiger partial charge in [-0.3, -0.25) is 4.55 Å². The second-order valence-electron chi connectivity index (χ2n) is 6.29. The van der Waals surface area contributed by atoms with Crippen molar-refractivity contribution in [1.29, 1.82) is 0 Å². The van der Waals surface area contributed by atoms with Crippen molar-refractivity contribution in [2.24, 2.45) is 0 Å². The van der Waals surface area contributed by atoms with Crippen molar-refractivity contribution < 1.29 is 27.2 Å². The SMILES string of the molecule is CCc1c(C)ccc(S(=O)(=O)O)c1OCCNC(=O)OC(C)(C)C. The number of carbonyl (C=O) groups excluding carboxylic acids is 1. The highest BCUT2D eigenvalue weighted by molar-refractivity contribution is 7.86. The molecule has 0 bridgehead atoms. The summed E-state index contributed by atoms with van der Waals surface area (Å²) in [5, 5.41) is 2.52. The van der Waals surface area contributed by atoms with Gasteiger partial charge in [-0.1, -0.05) is 13.0 Å². The molecule has 0 heterocycles. The van der Waals surface area contributed by atoms with Gasteiger partial charge in [0.05, 0.1) is 6.54 Å². The van der Waals surface area contributed by atoms with E-state index in [9.17, 15) is 17.8 Å². The van der Waals surface area contributed by atoms with E-state index >= 15 is 0 Å². The van der Waals surface area contributed by atoms with Gasteiger partial charge in [0.25, 0.3) is 10.1 Å². The number of benzene rings is 1. The number of alkyl carbamates (subject to hydrolysis) is 1. The standard InChI is InChI=1S/C16H25NO6S/c1-6-12-11(2)7-8-13(24(19,20)21)14(12)22-10-9-17-15(18)23-16(3,4)5/h7-8H,6,9-10H2,1-5H3,(H,17,18)(H,19,20,21). The van der Waals surface area contributed by atoms with Crippen LogP contribution in [0, 0.1) is 6.92 Å². The summed E-state index contributed by atoms with van der Waals surface area (Å²) in [6.45, 7) is 9.13. The zero-order valence-electron chi connectivity index (χ0n) is 14.7. The van der Waals surface area contributed by atoms with Gasteiger partial charge in [-0.15, -0.1) is 0 Å². The Morgan fingerprint density at radius 2 is 1.92 bits per heavy atom. The Kier molecular flexibility index (Phi) is 6.62. The Morgan fingerprint density at radius 1 is 1.29 bits per heavy atom. The first-order valence-corrected chi connectivity index (χ1v) is 9.09. The molecule has 0 aliphatic rings. The number of ether oxygens (including phenoxy) is 2. The van der Waals surface area contributed by atoms with E-state index in [1.807, 2.05) is 13.8 Å². The number of carbonyl (C=O) groups is 1. The molecule has 0 radical (unpaired) electrons. The quantitative estimate of drug-likeness (QED) is 0.598. The molecular formula is C16H25NO6S. The van der Waals surface area contributed by atoms with E-state index in [4.69, 9.17) is 9.47 Å². The fourth-order valence-corrected chi connectivity index (χ4v) is 2.78. The van der Waals surface area contributed by atoms with Crippen molar-refractivity contribution in [3.8, 4) is 5.75 Å². The lowest BCUT2D eigenvalue weighted by molar-refractivity contribution is 0.0520. The highest BCUT2D eigenvalue weighted by Gasteiger charge is 2.21. The molecule has 0 saturated heterocycles. The van der Waals surface area contributed by atoms with Crippen LogP contribution in [0.5, 0.6) is 5.75 Å². The second kappa shape index (κ2) is 7.85. The molecule has 0 saturated carbocycles. The molecule has 1 aromatic rings. The van der Waals surface area contributed by atoms with E-state index < -0.39 is 21.8 Å².